The Balaban J connectivity index is 1.97. The normalized spacial score (nSPS) is 11.5. The zero-order chi connectivity index (χ0) is 14.1. The minimum absolute atomic E-state index is 0.0450. The molecule has 1 aromatic heterocycles. The Kier molecular flexibility index (Phi) is 3.16. The quantitative estimate of drug-likeness (QED) is 0.700. The lowest BCUT2D eigenvalue weighted by Gasteiger charge is -2.03. The smallest absolute Gasteiger partial charge is 0.142 e. The van der Waals surface area contributed by atoms with E-state index in [-0.39, 0.29) is 5.75 Å². The third kappa shape index (κ3) is 2.38. The first kappa shape index (κ1) is 12.7. The molecular weight excluding hydrogens is 274 g/mol. The van der Waals surface area contributed by atoms with Gasteiger partial charge in [0.15, 0.2) is 0 Å². The maximum Gasteiger partial charge on any atom is 0.142 e. The van der Waals surface area contributed by atoms with Gasteiger partial charge in [0, 0.05) is 11.8 Å². The summed E-state index contributed by atoms with van der Waals surface area (Å²) in [5.41, 5.74) is 4.16. The first-order valence-electron chi connectivity index (χ1n) is 6.10. The molecule has 0 radical (unpaired) electrons. The van der Waals surface area contributed by atoms with Crippen LogP contribution in [0.5, 0.6) is 5.75 Å². The molecule has 2 N–H and O–H groups in total. The fourth-order valence-corrected chi connectivity index (χ4v) is 2.29. The zero-order valence-electron chi connectivity index (χ0n) is 10.8. The molecule has 0 bridgehead atoms. The van der Waals surface area contributed by atoms with Crippen LogP contribution < -0.4 is 0 Å². The summed E-state index contributed by atoms with van der Waals surface area (Å²) in [4.78, 5) is 11.5. The number of phenolic OH excluding ortho intramolecular Hbond substituents is 1. The lowest BCUT2D eigenvalue weighted by Crippen LogP contribution is -1.85. The molecule has 0 spiro atoms. The van der Waals surface area contributed by atoms with Crippen molar-refractivity contribution in [2.75, 3.05) is 0 Å². The number of fused-ring (bicyclic) bond motifs is 1. The SMILES string of the molecule is Cc1cc(Cl)c(O)c(C=Nc2ccc3nc[nH]c3c2)c1. The van der Waals surface area contributed by atoms with Crippen LogP contribution in [-0.2, 0) is 0 Å². The highest BCUT2D eigenvalue weighted by Crippen LogP contribution is 2.28. The van der Waals surface area contributed by atoms with Crippen LogP contribution in [0, 0.1) is 6.92 Å². The Bertz CT molecular complexity index is 808. The molecule has 5 heteroatoms. The molecule has 2 aromatic carbocycles. The second-order valence-corrected chi connectivity index (χ2v) is 4.95. The van der Waals surface area contributed by atoms with Crippen molar-refractivity contribution in [1.82, 2.24) is 9.97 Å². The molecular formula is C15H12ClN3O. The molecule has 0 saturated carbocycles. The first-order valence-corrected chi connectivity index (χ1v) is 6.47. The molecule has 0 saturated heterocycles. The van der Waals surface area contributed by atoms with E-state index in [0.717, 1.165) is 22.3 Å². The van der Waals surface area contributed by atoms with Crippen molar-refractivity contribution in [3.05, 3.63) is 52.8 Å². The number of aromatic nitrogens is 2. The van der Waals surface area contributed by atoms with Crippen molar-refractivity contribution >= 4 is 34.5 Å². The number of aromatic amines is 1. The lowest BCUT2D eigenvalue weighted by atomic mass is 10.1. The third-order valence-corrected chi connectivity index (χ3v) is 3.28. The Morgan fingerprint density at radius 1 is 1.30 bits per heavy atom. The van der Waals surface area contributed by atoms with Gasteiger partial charge in [-0.2, -0.15) is 0 Å². The maximum absolute atomic E-state index is 9.90. The van der Waals surface area contributed by atoms with Gasteiger partial charge in [-0.25, -0.2) is 4.98 Å². The van der Waals surface area contributed by atoms with Crippen LogP contribution >= 0.6 is 11.6 Å². The molecule has 3 rings (SSSR count). The van der Waals surface area contributed by atoms with E-state index < -0.39 is 0 Å². The molecule has 0 fully saturated rings. The Labute approximate surface area is 120 Å². The van der Waals surface area contributed by atoms with Crippen molar-refractivity contribution in [2.45, 2.75) is 6.92 Å². The van der Waals surface area contributed by atoms with Crippen molar-refractivity contribution in [1.29, 1.82) is 0 Å². The zero-order valence-corrected chi connectivity index (χ0v) is 11.5. The summed E-state index contributed by atoms with van der Waals surface area (Å²) in [5, 5.41) is 10.2. The molecule has 0 aliphatic carbocycles. The van der Waals surface area contributed by atoms with Gasteiger partial charge < -0.3 is 10.1 Å². The standard InChI is InChI=1S/C15H12ClN3O/c1-9-4-10(15(20)12(16)5-9)7-17-11-2-3-13-14(6-11)19-8-18-13/h2-8,20H,1H3,(H,18,19). The van der Waals surface area contributed by atoms with Crippen LogP contribution in [0.4, 0.5) is 5.69 Å². The molecule has 100 valence electrons. The monoisotopic (exact) mass is 285 g/mol. The Hall–Kier alpha value is -2.33. The van der Waals surface area contributed by atoms with Gasteiger partial charge in [0.1, 0.15) is 5.75 Å². The van der Waals surface area contributed by atoms with E-state index in [0.29, 0.717) is 10.6 Å². The summed E-state index contributed by atoms with van der Waals surface area (Å²) < 4.78 is 0. The summed E-state index contributed by atoms with van der Waals surface area (Å²) in [6, 6.07) is 9.20. The minimum Gasteiger partial charge on any atom is -0.506 e. The van der Waals surface area contributed by atoms with E-state index in [4.69, 9.17) is 11.6 Å². The van der Waals surface area contributed by atoms with Crippen molar-refractivity contribution in [3.63, 3.8) is 0 Å². The number of nitrogens with zero attached hydrogens (tertiary/aromatic N) is 2. The molecule has 20 heavy (non-hydrogen) atoms. The van der Waals surface area contributed by atoms with Gasteiger partial charge in [-0.15, -0.1) is 0 Å². The number of H-pyrrole nitrogens is 1. The van der Waals surface area contributed by atoms with Gasteiger partial charge in [0.25, 0.3) is 0 Å². The molecule has 3 aromatic rings. The molecule has 4 nitrogen and oxygen atoms in total. The average molecular weight is 286 g/mol. The van der Waals surface area contributed by atoms with E-state index in [1.165, 1.54) is 0 Å². The van der Waals surface area contributed by atoms with Crippen molar-refractivity contribution in [2.24, 2.45) is 4.99 Å². The van der Waals surface area contributed by atoms with Crippen LogP contribution in [0.2, 0.25) is 5.02 Å². The van der Waals surface area contributed by atoms with Gasteiger partial charge in [-0.1, -0.05) is 11.6 Å². The van der Waals surface area contributed by atoms with Crippen molar-refractivity contribution in [3.8, 4) is 5.75 Å². The number of imidazole rings is 1. The first-order chi connectivity index (χ1) is 9.63. The highest BCUT2D eigenvalue weighted by Gasteiger charge is 2.05. The van der Waals surface area contributed by atoms with E-state index in [1.807, 2.05) is 31.2 Å². The predicted octanol–water partition coefficient (Wildman–Crippen LogP) is 3.98. The number of aliphatic imine (C=N–C) groups is 1. The van der Waals surface area contributed by atoms with Crippen LogP contribution in [-0.4, -0.2) is 21.3 Å². The molecule has 0 atom stereocenters. The number of halogens is 1. The van der Waals surface area contributed by atoms with Crippen molar-refractivity contribution < 1.29 is 5.11 Å². The van der Waals surface area contributed by atoms with E-state index in [1.54, 1.807) is 18.6 Å². The van der Waals surface area contributed by atoms with Gasteiger partial charge in [-0.05, 0) is 42.8 Å². The van der Waals surface area contributed by atoms with Crippen LogP contribution in [0.15, 0.2) is 41.7 Å². The predicted molar refractivity (Wildman–Crippen MR) is 81.2 cm³/mol. The number of rotatable bonds is 2. The topological polar surface area (TPSA) is 61.3 Å². The summed E-state index contributed by atoms with van der Waals surface area (Å²) in [7, 11) is 0. The molecule has 0 aliphatic rings. The maximum atomic E-state index is 9.90. The molecule has 0 aliphatic heterocycles. The number of hydrogen-bond acceptors (Lipinski definition) is 3. The van der Waals surface area contributed by atoms with E-state index in [2.05, 4.69) is 15.0 Å². The molecule has 0 unspecified atom stereocenters. The van der Waals surface area contributed by atoms with E-state index >= 15 is 0 Å². The number of aryl methyl sites for hydroxylation is 1. The summed E-state index contributed by atoms with van der Waals surface area (Å²) in [6.45, 7) is 1.92. The lowest BCUT2D eigenvalue weighted by molar-refractivity contribution is 0.474. The number of hydrogen-bond donors (Lipinski definition) is 2. The van der Waals surface area contributed by atoms with Crippen LogP contribution in [0.1, 0.15) is 11.1 Å². The fourth-order valence-electron chi connectivity index (χ4n) is 2.01. The second kappa shape index (κ2) is 4.98. The van der Waals surface area contributed by atoms with Gasteiger partial charge in [-0.3, -0.25) is 4.99 Å². The average Bonchev–Trinajstić information content (AvgIpc) is 2.88. The van der Waals surface area contributed by atoms with Gasteiger partial charge >= 0.3 is 0 Å². The molecule has 0 amide bonds. The van der Waals surface area contributed by atoms with Gasteiger partial charge in [0.05, 0.1) is 28.1 Å². The van der Waals surface area contributed by atoms with Gasteiger partial charge in [0.2, 0.25) is 0 Å². The summed E-state index contributed by atoms with van der Waals surface area (Å²) in [5.74, 6) is 0.0450. The fraction of sp³-hybridized carbons (Fsp3) is 0.0667. The summed E-state index contributed by atoms with van der Waals surface area (Å²) in [6.07, 6.45) is 3.25. The summed E-state index contributed by atoms with van der Waals surface area (Å²) >= 11 is 5.94. The third-order valence-electron chi connectivity index (χ3n) is 2.99. The largest absolute Gasteiger partial charge is 0.506 e. The number of phenols is 1. The Morgan fingerprint density at radius 2 is 2.15 bits per heavy atom. The minimum atomic E-state index is 0.0450. The Morgan fingerprint density at radius 3 is 3.00 bits per heavy atom. The highest BCUT2D eigenvalue weighted by atomic mass is 35.5. The molecule has 1 heterocycles. The highest BCUT2D eigenvalue weighted by molar-refractivity contribution is 6.32. The van der Waals surface area contributed by atoms with E-state index in [9.17, 15) is 5.11 Å². The van der Waals surface area contributed by atoms with Crippen LogP contribution in [0.25, 0.3) is 11.0 Å². The number of aromatic hydroxyl groups is 1. The number of nitrogens with one attached hydrogen (secondary N) is 1. The number of benzene rings is 2. The van der Waals surface area contributed by atoms with Crippen LogP contribution in [0.3, 0.4) is 0 Å². The second-order valence-electron chi connectivity index (χ2n) is 4.55.